The van der Waals surface area contributed by atoms with Gasteiger partial charge in [-0.15, -0.1) is 0 Å². The van der Waals surface area contributed by atoms with Crippen molar-refractivity contribution in [1.82, 2.24) is 0 Å². The Balaban J connectivity index is 2.87. The summed E-state index contributed by atoms with van der Waals surface area (Å²) in [4.78, 5) is 11.1. The summed E-state index contributed by atoms with van der Waals surface area (Å²) in [6, 6.07) is 0. The Morgan fingerprint density at radius 2 is 1.69 bits per heavy atom. The Kier molecular flexibility index (Phi) is 2.99. The van der Waals surface area contributed by atoms with Gasteiger partial charge in [0, 0.05) is 0 Å². The molecule has 1 aliphatic carbocycles. The second-order valence-corrected chi connectivity index (χ2v) is 4.51. The average molecular weight is 184 g/mol. The van der Waals surface area contributed by atoms with Crippen molar-refractivity contribution >= 4 is 5.97 Å². The van der Waals surface area contributed by atoms with Crippen molar-refractivity contribution < 1.29 is 9.90 Å². The lowest BCUT2D eigenvalue weighted by Gasteiger charge is -2.18. The first-order chi connectivity index (χ1) is 6.00. The standard InChI is InChI=1S/C11H20O2/c1-5-9-7(3)6(2)8(4)10(9)11(12)13/h6-10H,5H2,1-4H3,(H,12,13)/t6?,7?,8-,9-,10?/m1/s1. The molecule has 2 nitrogen and oxygen atoms in total. The molecular formula is C11H20O2. The fourth-order valence-corrected chi connectivity index (χ4v) is 2.95. The minimum atomic E-state index is -0.601. The molecule has 2 heteroatoms. The molecule has 3 unspecified atom stereocenters. The zero-order chi connectivity index (χ0) is 10.2. The highest BCUT2D eigenvalue weighted by Gasteiger charge is 2.46. The van der Waals surface area contributed by atoms with Crippen molar-refractivity contribution in [3.8, 4) is 0 Å². The third-order valence-electron chi connectivity index (χ3n) is 4.12. The molecule has 1 N–H and O–H groups in total. The highest BCUT2D eigenvalue weighted by atomic mass is 16.4. The van der Waals surface area contributed by atoms with Gasteiger partial charge in [-0.2, -0.15) is 0 Å². The van der Waals surface area contributed by atoms with Gasteiger partial charge in [-0.05, 0) is 23.7 Å². The monoisotopic (exact) mass is 184 g/mol. The van der Waals surface area contributed by atoms with E-state index < -0.39 is 5.97 Å². The zero-order valence-electron chi connectivity index (χ0n) is 8.95. The van der Waals surface area contributed by atoms with Crippen LogP contribution in [0.2, 0.25) is 0 Å². The van der Waals surface area contributed by atoms with Crippen molar-refractivity contribution in [2.75, 3.05) is 0 Å². The SMILES string of the molecule is CC[C@@H]1C(C)C(C)[C@@H](C)C1C(=O)O. The number of hydrogen-bond donors (Lipinski definition) is 1. The Morgan fingerprint density at radius 1 is 1.15 bits per heavy atom. The summed E-state index contributed by atoms with van der Waals surface area (Å²) in [5.41, 5.74) is 0. The van der Waals surface area contributed by atoms with Crippen molar-refractivity contribution in [2.24, 2.45) is 29.6 Å². The quantitative estimate of drug-likeness (QED) is 0.716. The number of carboxylic acid groups (broad SMARTS) is 1. The van der Waals surface area contributed by atoms with E-state index >= 15 is 0 Å². The number of carboxylic acids is 1. The smallest absolute Gasteiger partial charge is 0.307 e. The van der Waals surface area contributed by atoms with Gasteiger partial charge in [0.2, 0.25) is 0 Å². The van der Waals surface area contributed by atoms with Crippen LogP contribution in [-0.2, 0) is 4.79 Å². The van der Waals surface area contributed by atoms with E-state index in [9.17, 15) is 4.79 Å². The van der Waals surface area contributed by atoms with Crippen molar-refractivity contribution in [3.05, 3.63) is 0 Å². The van der Waals surface area contributed by atoms with E-state index in [0.29, 0.717) is 23.7 Å². The van der Waals surface area contributed by atoms with E-state index in [0.717, 1.165) is 6.42 Å². The number of carbonyl (C=O) groups is 1. The van der Waals surface area contributed by atoms with Gasteiger partial charge in [0.15, 0.2) is 0 Å². The van der Waals surface area contributed by atoms with Crippen LogP contribution in [0, 0.1) is 29.6 Å². The summed E-state index contributed by atoms with van der Waals surface area (Å²) >= 11 is 0. The lowest BCUT2D eigenvalue weighted by molar-refractivity contribution is -0.144. The molecule has 0 aromatic heterocycles. The van der Waals surface area contributed by atoms with Crippen LogP contribution in [0.25, 0.3) is 0 Å². The second-order valence-electron chi connectivity index (χ2n) is 4.51. The first-order valence-electron chi connectivity index (χ1n) is 5.23. The van der Waals surface area contributed by atoms with Crippen LogP contribution in [0.4, 0.5) is 0 Å². The summed E-state index contributed by atoms with van der Waals surface area (Å²) in [6.45, 7) is 8.55. The summed E-state index contributed by atoms with van der Waals surface area (Å²) in [5, 5.41) is 9.12. The van der Waals surface area contributed by atoms with Crippen LogP contribution in [-0.4, -0.2) is 11.1 Å². The fourth-order valence-electron chi connectivity index (χ4n) is 2.95. The summed E-state index contributed by atoms with van der Waals surface area (Å²) in [7, 11) is 0. The van der Waals surface area contributed by atoms with Crippen LogP contribution in [0.1, 0.15) is 34.1 Å². The minimum absolute atomic E-state index is 0.116. The molecule has 0 spiro atoms. The van der Waals surface area contributed by atoms with Crippen molar-refractivity contribution in [2.45, 2.75) is 34.1 Å². The predicted molar refractivity (Wildman–Crippen MR) is 52.4 cm³/mol. The maximum Gasteiger partial charge on any atom is 0.307 e. The summed E-state index contributed by atoms with van der Waals surface area (Å²) in [6.07, 6.45) is 0.993. The largest absolute Gasteiger partial charge is 0.481 e. The number of aliphatic carboxylic acids is 1. The Bertz CT molecular complexity index is 200. The highest BCUT2D eigenvalue weighted by Crippen LogP contribution is 2.46. The predicted octanol–water partition coefficient (Wildman–Crippen LogP) is 2.64. The first-order valence-corrected chi connectivity index (χ1v) is 5.23. The molecule has 0 bridgehead atoms. The molecule has 76 valence electrons. The minimum Gasteiger partial charge on any atom is -0.481 e. The molecule has 0 saturated heterocycles. The molecule has 0 aromatic rings. The zero-order valence-corrected chi connectivity index (χ0v) is 8.95. The van der Waals surface area contributed by atoms with Gasteiger partial charge in [0.1, 0.15) is 0 Å². The summed E-state index contributed by atoms with van der Waals surface area (Å²) < 4.78 is 0. The second kappa shape index (κ2) is 3.69. The van der Waals surface area contributed by atoms with E-state index in [4.69, 9.17) is 5.11 Å². The molecule has 1 saturated carbocycles. The summed E-state index contributed by atoms with van der Waals surface area (Å²) in [5.74, 6) is 1.10. The normalized spacial score (nSPS) is 45.1. The maximum atomic E-state index is 11.1. The molecule has 0 heterocycles. The van der Waals surface area contributed by atoms with Gasteiger partial charge in [0.05, 0.1) is 5.92 Å². The van der Waals surface area contributed by atoms with Crippen molar-refractivity contribution in [3.63, 3.8) is 0 Å². The van der Waals surface area contributed by atoms with Gasteiger partial charge in [-0.3, -0.25) is 4.79 Å². The molecular weight excluding hydrogens is 164 g/mol. The number of hydrogen-bond acceptors (Lipinski definition) is 1. The van der Waals surface area contributed by atoms with Crippen LogP contribution in [0.15, 0.2) is 0 Å². The van der Waals surface area contributed by atoms with E-state index in [1.807, 2.05) is 0 Å². The van der Waals surface area contributed by atoms with Gasteiger partial charge < -0.3 is 5.11 Å². The number of rotatable bonds is 2. The molecule has 0 amide bonds. The van der Waals surface area contributed by atoms with Crippen LogP contribution in [0.5, 0.6) is 0 Å². The Labute approximate surface area is 80.3 Å². The molecule has 1 fully saturated rings. The third-order valence-corrected chi connectivity index (χ3v) is 4.12. The molecule has 1 aliphatic rings. The van der Waals surface area contributed by atoms with Crippen LogP contribution < -0.4 is 0 Å². The lowest BCUT2D eigenvalue weighted by Crippen LogP contribution is -2.24. The van der Waals surface area contributed by atoms with Gasteiger partial charge >= 0.3 is 5.97 Å². The topological polar surface area (TPSA) is 37.3 Å². The molecule has 1 rings (SSSR count). The molecule has 0 aliphatic heterocycles. The van der Waals surface area contributed by atoms with Crippen LogP contribution in [0.3, 0.4) is 0 Å². The molecule has 5 atom stereocenters. The van der Waals surface area contributed by atoms with E-state index in [2.05, 4.69) is 27.7 Å². The van der Waals surface area contributed by atoms with E-state index in [-0.39, 0.29) is 5.92 Å². The van der Waals surface area contributed by atoms with Crippen LogP contribution >= 0.6 is 0 Å². The highest BCUT2D eigenvalue weighted by molar-refractivity contribution is 5.71. The Morgan fingerprint density at radius 3 is 2.00 bits per heavy atom. The van der Waals surface area contributed by atoms with Gasteiger partial charge in [-0.25, -0.2) is 0 Å². The molecule has 13 heavy (non-hydrogen) atoms. The average Bonchev–Trinajstić information content (AvgIpc) is 2.29. The first kappa shape index (κ1) is 10.6. The van der Waals surface area contributed by atoms with Gasteiger partial charge in [-0.1, -0.05) is 34.1 Å². The molecule has 0 aromatic carbocycles. The maximum absolute atomic E-state index is 11.1. The van der Waals surface area contributed by atoms with E-state index in [1.165, 1.54) is 0 Å². The Hall–Kier alpha value is -0.530. The van der Waals surface area contributed by atoms with Crippen molar-refractivity contribution in [1.29, 1.82) is 0 Å². The molecule has 0 radical (unpaired) electrons. The fraction of sp³-hybridized carbons (Fsp3) is 0.909. The lowest BCUT2D eigenvalue weighted by atomic mass is 9.86. The van der Waals surface area contributed by atoms with E-state index in [1.54, 1.807) is 0 Å². The van der Waals surface area contributed by atoms with Gasteiger partial charge in [0.25, 0.3) is 0 Å². The third kappa shape index (κ3) is 1.59.